The minimum atomic E-state index is 0.165. The van der Waals surface area contributed by atoms with Crippen LogP contribution in [0.15, 0.2) is 58.3 Å². The number of benzene rings is 2. The molecule has 0 bridgehead atoms. The number of ether oxygens (including phenoxy) is 1. The first-order valence-electron chi connectivity index (χ1n) is 8.00. The summed E-state index contributed by atoms with van der Waals surface area (Å²) in [5, 5.41) is 0.526. The second kappa shape index (κ2) is 7.99. The number of thioether (sulfide) groups is 2. The Bertz CT molecular complexity index is 703. The highest BCUT2D eigenvalue weighted by atomic mass is 32.2. The first-order chi connectivity index (χ1) is 11.7. The van der Waals surface area contributed by atoms with Crippen molar-refractivity contribution in [3.63, 3.8) is 0 Å². The summed E-state index contributed by atoms with van der Waals surface area (Å²) in [5.74, 6) is 1.44. The van der Waals surface area contributed by atoms with Gasteiger partial charge in [-0.15, -0.1) is 23.5 Å². The van der Waals surface area contributed by atoms with Gasteiger partial charge in [0.15, 0.2) is 0 Å². The SMILES string of the molecule is COc1ccc(SCC(=O)N2CCC(C)Sc3ccccc32)cc1. The van der Waals surface area contributed by atoms with Gasteiger partial charge in [-0.25, -0.2) is 0 Å². The summed E-state index contributed by atoms with van der Waals surface area (Å²) in [5.41, 5.74) is 1.05. The molecule has 3 nitrogen and oxygen atoms in total. The molecule has 0 spiro atoms. The molecule has 1 heterocycles. The van der Waals surface area contributed by atoms with E-state index in [1.165, 1.54) is 4.90 Å². The minimum Gasteiger partial charge on any atom is -0.497 e. The highest BCUT2D eigenvalue weighted by molar-refractivity contribution is 8.00. The van der Waals surface area contributed by atoms with Crippen molar-refractivity contribution in [2.45, 2.75) is 28.4 Å². The molecule has 3 rings (SSSR count). The van der Waals surface area contributed by atoms with Crippen LogP contribution >= 0.6 is 23.5 Å². The van der Waals surface area contributed by atoms with Crippen molar-refractivity contribution >= 4 is 35.1 Å². The fraction of sp³-hybridized carbons (Fsp3) is 0.316. The van der Waals surface area contributed by atoms with Crippen LogP contribution in [0.1, 0.15) is 13.3 Å². The predicted molar refractivity (Wildman–Crippen MR) is 102 cm³/mol. The number of amides is 1. The molecule has 1 atom stereocenters. The van der Waals surface area contributed by atoms with Gasteiger partial charge < -0.3 is 9.64 Å². The van der Waals surface area contributed by atoms with Crippen LogP contribution in [0.3, 0.4) is 0 Å². The number of methoxy groups -OCH3 is 1. The zero-order valence-corrected chi connectivity index (χ0v) is 15.5. The first-order valence-corrected chi connectivity index (χ1v) is 9.87. The Hall–Kier alpha value is -1.59. The van der Waals surface area contributed by atoms with Crippen LogP contribution in [0.25, 0.3) is 0 Å². The van der Waals surface area contributed by atoms with E-state index in [0.29, 0.717) is 11.0 Å². The molecule has 1 aliphatic rings. The van der Waals surface area contributed by atoms with Crippen LogP contribution in [-0.4, -0.2) is 30.6 Å². The van der Waals surface area contributed by atoms with Crippen LogP contribution < -0.4 is 9.64 Å². The summed E-state index contributed by atoms with van der Waals surface area (Å²) in [7, 11) is 1.65. The fourth-order valence-corrected chi connectivity index (χ4v) is 4.53. The lowest BCUT2D eigenvalue weighted by Gasteiger charge is -2.22. The molecule has 0 aliphatic carbocycles. The van der Waals surface area contributed by atoms with Gasteiger partial charge in [-0.1, -0.05) is 19.1 Å². The highest BCUT2D eigenvalue weighted by Crippen LogP contribution is 2.37. The summed E-state index contributed by atoms with van der Waals surface area (Å²) < 4.78 is 5.17. The molecule has 2 aromatic carbocycles. The summed E-state index contributed by atoms with van der Waals surface area (Å²) in [4.78, 5) is 17.0. The number of carbonyl (C=O) groups excluding carboxylic acids is 1. The second-order valence-corrected chi connectivity index (χ2v) is 8.22. The van der Waals surface area contributed by atoms with Crippen LogP contribution in [0.4, 0.5) is 5.69 Å². The molecule has 0 fully saturated rings. The first kappa shape index (κ1) is 17.2. The molecule has 0 radical (unpaired) electrons. The van der Waals surface area contributed by atoms with Gasteiger partial charge in [-0.05, 0) is 42.8 Å². The molecular weight excluding hydrogens is 338 g/mol. The molecule has 2 aromatic rings. The largest absolute Gasteiger partial charge is 0.497 e. The minimum absolute atomic E-state index is 0.165. The quantitative estimate of drug-likeness (QED) is 0.740. The van der Waals surface area contributed by atoms with Gasteiger partial charge >= 0.3 is 0 Å². The van der Waals surface area contributed by atoms with Crippen molar-refractivity contribution in [2.75, 3.05) is 24.3 Å². The molecule has 0 aromatic heterocycles. The van der Waals surface area contributed by atoms with E-state index in [1.54, 1.807) is 18.9 Å². The maximum atomic E-state index is 12.8. The van der Waals surface area contributed by atoms with E-state index in [1.807, 2.05) is 53.1 Å². The maximum Gasteiger partial charge on any atom is 0.237 e. The Balaban J connectivity index is 1.70. The number of para-hydroxylation sites is 1. The van der Waals surface area contributed by atoms with E-state index >= 15 is 0 Å². The molecule has 1 amide bonds. The summed E-state index contributed by atoms with van der Waals surface area (Å²) in [6.07, 6.45) is 1.01. The number of hydrogen-bond acceptors (Lipinski definition) is 4. The van der Waals surface area contributed by atoms with E-state index < -0.39 is 0 Å². The van der Waals surface area contributed by atoms with Crippen molar-refractivity contribution in [3.05, 3.63) is 48.5 Å². The lowest BCUT2D eigenvalue weighted by molar-refractivity contribution is -0.116. The number of carbonyl (C=O) groups is 1. The van der Waals surface area contributed by atoms with Crippen molar-refractivity contribution < 1.29 is 9.53 Å². The van der Waals surface area contributed by atoms with Crippen molar-refractivity contribution in [1.82, 2.24) is 0 Å². The Labute approximate surface area is 151 Å². The normalized spacial score (nSPS) is 17.1. The molecule has 24 heavy (non-hydrogen) atoms. The second-order valence-electron chi connectivity index (χ2n) is 5.69. The Morgan fingerprint density at radius 3 is 2.75 bits per heavy atom. The summed E-state index contributed by atoms with van der Waals surface area (Å²) in [6.45, 7) is 3.01. The van der Waals surface area contributed by atoms with Gasteiger partial charge in [0.25, 0.3) is 0 Å². The van der Waals surface area contributed by atoms with Gasteiger partial charge in [0, 0.05) is 21.6 Å². The van der Waals surface area contributed by atoms with Crippen LogP contribution in [0.2, 0.25) is 0 Å². The van der Waals surface area contributed by atoms with E-state index in [-0.39, 0.29) is 5.91 Å². The fourth-order valence-electron chi connectivity index (χ4n) is 2.64. The van der Waals surface area contributed by atoms with Gasteiger partial charge in [0.2, 0.25) is 5.91 Å². The molecule has 0 N–H and O–H groups in total. The standard InChI is InChI=1S/C19H21NO2S2/c1-14-11-12-20(17-5-3-4-6-18(17)24-14)19(21)13-23-16-9-7-15(22-2)8-10-16/h3-10,14H,11-13H2,1-2H3. The lowest BCUT2D eigenvalue weighted by Crippen LogP contribution is -2.33. The van der Waals surface area contributed by atoms with Gasteiger partial charge in [-0.2, -0.15) is 0 Å². The van der Waals surface area contributed by atoms with Crippen molar-refractivity contribution in [2.24, 2.45) is 0 Å². The zero-order chi connectivity index (χ0) is 16.9. The third-order valence-electron chi connectivity index (χ3n) is 3.97. The van der Waals surface area contributed by atoms with Crippen molar-refractivity contribution in [1.29, 1.82) is 0 Å². The van der Waals surface area contributed by atoms with Crippen LogP contribution in [0.5, 0.6) is 5.75 Å². The number of hydrogen-bond donors (Lipinski definition) is 0. The summed E-state index contributed by atoms with van der Waals surface area (Å²) >= 11 is 3.43. The maximum absolute atomic E-state index is 12.8. The molecule has 5 heteroatoms. The number of anilines is 1. The van der Waals surface area contributed by atoms with Crippen LogP contribution in [-0.2, 0) is 4.79 Å². The topological polar surface area (TPSA) is 29.5 Å². The molecule has 1 aliphatic heterocycles. The van der Waals surface area contributed by atoms with Gasteiger partial charge in [0.1, 0.15) is 5.75 Å². The molecular formula is C19H21NO2S2. The third kappa shape index (κ3) is 4.08. The van der Waals surface area contributed by atoms with Crippen LogP contribution in [0, 0.1) is 0 Å². The average Bonchev–Trinajstić information content (AvgIpc) is 2.78. The van der Waals surface area contributed by atoms with Gasteiger partial charge in [0.05, 0.1) is 18.6 Å². The van der Waals surface area contributed by atoms with E-state index in [2.05, 4.69) is 19.1 Å². The highest BCUT2D eigenvalue weighted by Gasteiger charge is 2.23. The molecule has 0 saturated carbocycles. The predicted octanol–water partition coefficient (Wildman–Crippen LogP) is 4.70. The molecule has 0 saturated heterocycles. The molecule has 126 valence electrons. The third-order valence-corrected chi connectivity index (χ3v) is 6.20. The average molecular weight is 360 g/mol. The van der Waals surface area contributed by atoms with E-state index in [9.17, 15) is 4.79 Å². The van der Waals surface area contributed by atoms with E-state index in [0.717, 1.165) is 29.3 Å². The lowest BCUT2D eigenvalue weighted by atomic mass is 10.2. The smallest absolute Gasteiger partial charge is 0.237 e. The number of nitrogens with zero attached hydrogens (tertiary/aromatic N) is 1. The monoisotopic (exact) mass is 359 g/mol. The molecule has 1 unspecified atom stereocenters. The zero-order valence-electron chi connectivity index (χ0n) is 13.9. The summed E-state index contributed by atoms with van der Waals surface area (Å²) in [6, 6.07) is 16.0. The van der Waals surface area contributed by atoms with Crippen molar-refractivity contribution in [3.8, 4) is 5.75 Å². The Morgan fingerprint density at radius 1 is 1.25 bits per heavy atom. The Kier molecular flexibility index (Phi) is 5.74. The Morgan fingerprint density at radius 2 is 2.00 bits per heavy atom. The van der Waals surface area contributed by atoms with Gasteiger partial charge in [-0.3, -0.25) is 4.79 Å². The number of rotatable bonds is 4. The van der Waals surface area contributed by atoms with E-state index in [4.69, 9.17) is 4.74 Å². The number of fused-ring (bicyclic) bond motifs is 1.